The Morgan fingerprint density at radius 1 is 1.26 bits per heavy atom. The van der Waals surface area contributed by atoms with Crippen molar-refractivity contribution in [3.63, 3.8) is 0 Å². The molecule has 2 saturated carbocycles. The second kappa shape index (κ2) is 6.21. The van der Waals surface area contributed by atoms with Gasteiger partial charge in [-0.25, -0.2) is 0 Å². The van der Waals surface area contributed by atoms with E-state index in [1.807, 2.05) is 25.1 Å². The molecule has 0 aromatic heterocycles. The Morgan fingerprint density at radius 3 is 2.74 bits per heavy atom. The lowest BCUT2D eigenvalue weighted by atomic mass is 9.84. The number of amides is 1. The molecule has 4 rings (SSSR count). The first-order valence-corrected chi connectivity index (χ1v) is 8.09. The number of rotatable bonds is 3. The molecule has 2 aliphatic carbocycles. The van der Waals surface area contributed by atoms with Gasteiger partial charge in [0.05, 0.1) is 12.0 Å². The lowest BCUT2D eigenvalue weighted by Crippen LogP contribution is -2.45. The van der Waals surface area contributed by atoms with Crippen molar-refractivity contribution in [1.29, 1.82) is 0 Å². The van der Waals surface area contributed by atoms with Crippen molar-refractivity contribution in [1.82, 2.24) is 5.32 Å². The van der Waals surface area contributed by atoms with Crippen LogP contribution in [-0.4, -0.2) is 18.7 Å². The Bertz CT molecular complexity index is 608. The molecule has 0 radical (unpaired) electrons. The van der Waals surface area contributed by atoms with Crippen LogP contribution in [0.5, 0.6) is 11.5 Å². The summed E-state index contributed by atoms with van der Waals surface area (Å²) in [5.41, 5.74) is 7.28. The van der Waals surface area contributed by atoms with Crippen LogP contribution in [0.1, 0.15) is 37.8 Å². The van der Waals surface area contributed by atoms with Crippen LogP contribution in [0.2, 0.25) is 0 Å². The number of ether oxygens (including phenoxy) is 2. The van der Waals surface area contributed by atoms with Crippen LogP contribution in [0.15, 0.2) is 18.2 Å². The maximum atomic E-state index is 12.6. The molecule has 1 aliphatic heterocycles. The van der Waals surface area contributed by atoms with E-state index in [-0.39, 0.29) is 43.1 Å². The van der Waals surface area contributed by atoms with Gasteiger partial charge in [-0.3, -0.25) is 4.79 Å². The summed E-state index contributed by atoms with van der Waals surface area (Å²) in [5, 5.41) is 3.13. The van der Waals surface area contributed by atoms with Crippen molar-refractivity contribution in [2.75, 3.05) is 6.79 Å². The molecule has 5 unspecified atom stereocenters. The maximum Gasteiger partial charge on any atom is 0.231 e. The fourth-order valence-electron chi connectivity index (χ4n) is 4.30. The fourth-order valence-corrected chi connectivity index (χ4v) is 4.30. The lowest BCUT2D eigenvalue weighted by Gasteiger charge is -2.28. The van der Waals surface area contributed by atoms with Crippen LogP contribution >= 0.6 is 12.4 Å². The minimum Gasteiger partial charge on any atom is -0.454 e. The van der Waals surface area contributed by atoms with E-state index in [4.69, 9.17) is 15.2 Å². The fraction of sp³-hybridized carbons (Fsp3) is 0.588. The monoisotopic (exact) mass is 338 g/mol. The summed E-state index contributed by atoms with van der Waals surface area (Å²) in [6, 6.07) is 5.77. The Morgan fingerprint density at radius 2 is 2.00 bits per heavy atom. The number of fused-ring (bicyclic) bond motifs is 3. The molecule has 2 fully saturated rings. The van der Waals surface area contributed by atoms with Crippen molar-refractivity contribution in [3.8, 4) is 11.5 Å². The highest BCUT2D eigenvalue weighted by molar-refractivity contribution is 5.85. The second-order valence-corrected chi connectivity index (χ2v) is 6.78. The molecule has 2 bridgehead atoms. The summed E-state index contributed by atoms with van der Waals surface area (Å²) < 4.78 is 10.7. The van der Waals surface area contributed by atoms with Gasteiger partial charge in [-0.2, -0.15) is 0 Å². The molecule has 1 aromatic rings. The normalized spacial score (nSPS) is 31.6. The summed E-state index contributed by atoms with van der Waals surface area (Å²) in [7, 11) is 0. The van der Waals surface area contributed by atoms with E-state index in [0.29, 0.717) is 11.8 Å². The highest BCUT2D eigenvalue weighted by atomic mass is 35.5. The molecule has 0 spiro atoms. The Balaban J connectivity index is 0.00000156. The molecule has 3 N–H and O–H groups in total. The SMILES string of the molecule is CC(NC(=O)C1C2CCC(C2)C1N)c1ccc2c(c1)OCO2.Cl. The third kappa shape index (κ3) is 2.76. The van der Waals surface area contributed by atoms with E-state index < -0.39 is 0 Å². The Hall–Kier alpha value is -1.46. The van der Waals surface area contributed by atoms with Gasteiger partial charge in [0.15, 0.2) is 11.5 Å². The molecule has 126 valence electrons. The van der Waals surface area contributed by atoms with Crippen molar-refractivity contribution in [2.45, 2.75) is 38.3 Å². The predicted octanol–water partition coefficient (Wildman–Crippen LogP) is 2.39. The molecule has 5 atom stereocenters. The molecule has 6 heteroatoms. The number of carbonyl (C=O) groups excluding carboxylic acids is 1. The number of nitrogens with two attached hydrogens (primary N) is 1. The van der Waals surface area contributed by atoms with E-state index in [1.165, 1.54) is 6.42 Å². The number of hydrogen-bond donors (Lipinski definition) is 2. The van der Waals surface area contributed by atoms with E-state index >= 15 is 0 Å². The smallest absolute Gasteiger partial charge is 0.231 e. The summed E-state index contributed by atoms with van der Waals surface area (Å²) in [6.45, 7) is 2.26. The Kier molecular flexibility index (Phi) is 4.43. The number of halogens is 1. The zero-order valence-corrected chi connectivity index (χ0v) is 14.0. The summed E-state index contributed by atoms with van der Waals surface area (Å²) in [4.78, 5) is 12.6. The van der Waals surface area contributed by atoms with Crippen LogP contribution in [0.25, 0.3) is 0 Å². The highest BCUT2D eigenvalue weighted by Gasteiger charge is 2.49. The zero-order valence-electron chi connectivity index (χ0n) is 13.2. The van der Waals surface area contributed by atoms with E-state index in [9.17, 15) is 4.79 Å². The molecule has 1 aromatic carbocycles. The van der Waals surface area contributed by atoms with Gasteiger partial charge in [0.2, 0.25) is 12.7 Å². The topological polar surface area (TPSA) is 73.6 Å². The number of hydrogen-bond acceptors (Lipinski definition) is 4. The van der Waals surface area contributed by atoms with Gasteiger partial charge in [-0.1, -0.05) is 6.07 Å². The van der Waals surface area contributed by atoms with Crippen LogP contribution in [0, 0.1) is 17.8 Å². The summed E-state index contributed by atoms with van der Waals surface area (Å²) >= 11 is 0. The van der Waals surface area contributed by atoms with Crippen LogP contribution in [0.4, 0.5) is 0 Å². The van der Waals surface area contributed by atoms with E-state index in [0.717, 1.165) is 29.9 Å². The van der Waals surface area contributed by atoms with Crippen LogP contribution < -0.4 is 20.5 Å². The second-order valence-electron chi connectivity index (χ2n) is 6.78. The number of carbonyl (C=O) groups is 1. The van der Waals surface area contributed by atoms with E-state index in [1.54, 1.807) is 0 Å². The third-order valence-corrected chi connectivity index (χ3v) is 5.54. The lowest BCUT2D eigenvalue weighted by molar-refractivity contribution is -0.127. The zero-order chi connectivity index (χ0) is 15.3. The van der Waals surface area contributed by atoms with Crippen molar-refractivity contribution in [3.05, 3.63) is 23.8 Å². The molecule has 23 heavy (non-hydrogen) atoms. The highest BCUT2D eigenvalue weighted by Crippen LogP contribution is 2.47. The third-order valence-electron chi connectivity index (χ3n) is 5.54. The van der Waals surface area contributed by atoms with Gasteiger partial charge < -0.3 is 20.5 Å². The van der Waals surface area contributed by atoms with Crippen molar-refractivity contribution < 1.29 is 14.3 Å². The number of benzene rings is 1. The first kappa shape index (κ1) is 16.4. The maximum absolute atomic E-state index is 12.6. The predicted molar refractivity (Wildman–Crippen MR) is 88.7 cm³/mol. The molecule has 1 heterocycles. The molecule has 0 saturated heterocycles. The molecule has 5 nitrogen and oxygen atoms in total. The summed E-state index contributed by atoms with van der Waals surface area (Å²) in [6.07, 6.45) is 3.46. The first-order chi connectivity index (χ1) is 10.6. The van der Waals surface area contributed by atoms with E-state index in [2.05, 4.69) is 5.32 Å². The van der Waals surface area contributed by atoms with Gasteiger partial charge in [0.1, 0.15) is 0 Å². The van der Waals surface area contributed by atoms with Crippen LogP contribution in [-0.2, 0) is 4.79 Å². The van der Waals surface area contributed by atoms with Gasteiger partial charge in [0.25, 0.3) is 0 Å². The first-order valence-electron chi connectivity index (χ1n) is 8.09. The van der Waals surface area contributed by atoms with Crippen molar-refractivity contribution >= 4 is 18.3 Å². The number of nitrogens with one attached hydrogen (secondary N) is 1. The molecule has 1 amide bonds. The minimum absolute atomic E-state index is 0. The van der Waals surface area contributed by atoms with Crippen molar-refractivity contribution in [2.24, 2.45) is 23.5 Å². The minimum atomic E-state index is -0.0617. The van der Waals surface area contributed by atoms with Crippen LogP contribution in [0.3, 0.4) is 0 Å². The van der Waals surface area contributed by atoms with Gasteiger partial charge in [0, 0.05) is 6.04 Å². The van der Waals surface area contributed by atoms with Gasteiger partial charge in [-0.15, -0.1) is 12.4 Å². The Labute approximate surface area is 142 Å². The average molecular weight is 339 g/mol. The standard InChI is InChI=1S/C17H22N2O3.ClH/c1-9(10-4-5-13-14(7-10)22-8-21-13)19-17(20)15-11-2-3-12(6-11)16(15)18;/h4-5,7,9,11-12,15-16H,2-3,6,8,18H2,1H3,(H,19,20);1H. The quantitative estimate of drug-likeness (QED) is 0.887. The van der Waals surface area contributed by atoms with Gasteiger partial charge >= 0.3 is 0 Å². The summed E-state index contributed by atoms with van der Waals surface area (Å²) in [5.74, 6) is 2.61. The van der Waals surface area contributed by atoms with Gasteiger partial charge in [-0.05, 0) is 55.7 Å². The largest absolute Gasteiger partial charge is 0.454 e. The molecular formula is C17H23ClN2O3. The molecular weight excluding hydrogens is 316 g/mol. The average Bonchev–Trinajstić information content (AvgIpc) is 3.21. The molecule has 3 aliphatic rings.